The maximum Gasteiger partial charge on any atom is 0.152 e. The van der Waals surface area contributed by atoms with Crippen LogP contribution < -0.4 is 0 Å². The smallest absolute Gasteiger partial charge is 0.152 e. The molecule has 4 heteroatoms. The van der Waals surface area contributed by atoms with Gasteiger partial charge in [-0.05, 0) is 42.9 Å². The van der Waals surface area contributed by atoms with E-state index in [1.54, 1.807) is 13.8 Å². The second-order valence-corrected chi connectivity index (χ2v) is 9.70. The molecule has 0 saturated carbocycles. The fourth-order valence-corrected chi connectivity index (χ4v) is 4.78. The number of hydrogen-bond donors (Lipinski definition) is 0. The summed E-state index contributed by atoms with van der Waals surface area (Å²) in [6, 6.07) is 18.7. The Balaban J connectivity index is 1.81. The van der Waals surface area contributed by atoms with Crippen molar-refractivity contribution < 1.29 is 13.2 Å². The highest BCUT2D eigenvalue weighted by Crippen LogP contribution is 2.34. The Bertz CT molecular complexity index is 780. The minimum Gasteiger partial charge on any atom is -0.381 e. The van der Waals surface area contributed by atoms with Crippen LogP contribution in [0.2, 0.25) is 0 Å². The summed E-state index contributed by atoms with van der Waals surface area (Å²) in [5.41, 5.74) is 3.53. The highest BCUT2D eigenvalue weighted by atomic mass is 32.2. The molecule has 2 atom stereocenters. The average Bonchev–Trinajstić information content (AvgIpc) is 2.63. The molecular formula is C21H26O3S. The zero-order chi connectivity index (χ0) is 17.9. The van der Waals surface area contributed by atoms with Gasteiger partial charge in [-0.3, -0.25) is 0 Å². The SMILES string of the molecule is CC(C)S(=O)(=O)C[C@H]1CCOC[C@@H]1c1ccc(-c2ccccc2)cc1. The van der Waals surface area contributed by atoms with Crippen molar-refractivity contribution in [3.8, 4) is 11.1 Å². The molecular weight excluding hydrogens is 332 g/mol. The third kappa shape index (κ3) is 4.31. The van der Waals surface area contributed by atoms with Crippen molar-refractivity contribution in [3.63, 3.8) is 0 Å². The van der Waals surface area contributed by atoms with Gasteiger partial charge >= 0.3 is 0 Å². The first-order valence-electron chi connectivity index (χ1n) is 8.92. The molecule has 1 aliphatic heterocycles. The van der Waals surface area contributed by atoms with Crippen molar-refractivity contribution in [2.24, 2.45) is 5.92 Å². The van der Waals surface area contributed by atoms with E-state index in [4.69, 9.17) is 4.74 Å². The van der Waals surface area contributed by atoms with Crippen molar-refractivity contribution in [3.05, 3.63) is 60.2 Å². The average molecular weight is 359 g/mol. The van der Waals surface area contributed by atoms with Crippen molar-refractivity contribution in [1.29, 1.82) is 0 Å². The largest absolute Gasteiger partial charge is 0.381 e. The van der Waals surface area contributed by atoms with Crippen molar-refractivity contribution in [2.45, 2.75) is 31.4 Å². The summed E-state index contributed by atoms with van der Waals surface area (Å²) >= 11 is 0. The van der Waals surface area contributed by atoms with Crippen LogP contribution in [0.15, 0.2) is 54.6 Å². The summed E-state index contributed by atoms with van der Waals surface area (Å²) in [4.78, 5) is 0. The molecule has 3 nitrogen and oxygen atoms in total. The van der Waals surface area contributed by atoms with Crippen molar-refractivity contribution in [2.75, 3.05) is 19.0 Å². The molecule has 134 valence electrons. The normalized spacial score (nSPS) is 21.4. The van der Waals surface area contributed by atoms with Crippen LogP contribution in [0.5, 0.6) is 0 Å². The van der Waals surface area contributed by atoms with E-state index < -0.39 is 9.84 Å². The van der Waals surface area contributed by atoms with Crippen molar-refractivity contribution >= 4 is 9.84 Å². The van der Waals surface area contributed by atoms with Gasteiger partial charge in [0.25, 0.3) is 0 Å². The minimum absolute atomic E-state index is 0.128. The van der Waals surface area contributed by atoms with Gasteiger partial charge in [0.1, 0.15) is 0 Å². The van der Waals surface area contributed by atoms with Gasteiger partial charge < -0.3 is 4.74 Å². The Kier molecular flexibility index (Phi) is 5.60. The van der Waals surface area contributed by atoms with Gasteiger partial charge in [0.2, 0.25) is 0 Å². The van der Waals surface area contributed by atoms with E-state index >= 15 is 0 Å². The topological polar surface area (TPSA) is 43.4 Å². The van der Waals surface area contributed by atoms with Gasteiger partial charge in [-0.1, -0.05) is 54.6 Å². The van der Waals surface area contributed by atoms with Gasteiger partial charge in [-0.25, -0.2) is 8.42 Å². The number of ether oxygens (including phenoxy) is 1. The van der Waals surface area contributed by atoms with Crippen LogP contribution in [-0.4, -0.2) is 32.6 Å². The minimum atomic E-state index is -3.05. The fraction of sp³-hybridized carbons (Fsp3) is 0.429. The molecule has 0 amide bonds. The lowest BCUT2D eigenvalue weighted by atomic mass is 9.84. The molecule has 3 rings (SSSR count). The fourth-order valence-electron chi connectivity index (χ4n) is 3.39. The van der Waals surface area contributed by atoms with E-state index in [2.05, 4.69) is 36.4 Å². The molecule has 0 spiro atoms. The zero-order valence-electron chi connectivity index (χ0n) is 14.9. The van der Waals surface area contributed by atoms with Gasteiger partial charge in [0.15, 0.2) is 9.84 Å². The number of rotatable bonds is 5. The van der Waals surface area contributed by atoms with Crippen molar-refractivity contribution in [1.82, 2.24) is 0 Å². The number of sulfone groups is 1. The standard InChI is InChI=1S/C21H26O3S/c1-16(2)25(22,23)15-20-12-13-24-14-21(20)19-10-8-18(9-11-19)17-6-4-3-5-7-17/h3-11,16,20-21H,12-15H2,1-2H3/t20-,21-/m1/s1. The van der Waals surface area contributed by atoms with Crippen LogP contribution >= 0.6 is 0 Å². The molecule has 0 aromatic heterocycles. The highest BCUT2D eigenvalue weighted by Gasteiger charge is 2.32. The number of hydrogen-bond acceptors (Lipinski definition) is 3. The lowest BCUT2D eigenvalue weighted by Gasteiger charge is -2.32. The number of benzene rings is 2. The second kappa shape index (κ2) is 7.71. The van der Waals surface area contributed by atoms with Crippen LogP contribution in [0.25, 0.3) is 11.1 Å². The Morgan fingerprint density at radius 2 is 1.64 bits per heavy atom. The molecule has 0 N–H and O–H groups in total. The summed E-state index contributed by atoms with van der Waals surface area (Å²) < 4.78 is 30.4. The quantitative estimate of drug-likeness (QED) is 0.800. The second-order valence-electron chi connectivity index (χ2n) is 7.10. The summed E-state index contributed by atoms with van der Waals surface area (Å²) in [5, 5.41) is -0.323. The van der Waals surface area contributed by atoms with Crippen LogP contribution in [0, 0.1) is 5.92 Å². The van der Waals surface area contributed by atoms with Gasteiger partial charge in [-0.15, -0.1) is 0 Å². The van der Waals surface area contributed by atoms with E-state index in [-0.39, 0.29) is 22.8 Å². The molecule has 2 aromatic carbocycles. The Labute approximate surface area is 151 Å². The predicted molar refractivity (Wildman–Crippen MR) is 102 cm³/mol. The molecule has 0 radical (unpaired) electrons. The van der Waals surface area contributed by atoms with E-state index in [0.29, 0.717) is 13.2 Å². The maximum atomic E-state index is 12.4. The van der Waals surface area contributed by atoms with E-state index in [1.807, 2.05) is 18.2 Å². The third-order valence-corrected chi connectivity index (χ3v) is 7.44. The van der Waals surface area contributed by atoms with Crippen LogP contribution in [0.3, 0.4) is 0 Å². The summed E-state index contributed by atoms with van der Waals surface area (Å²) in [7, 11) is -3.05. The predicted octanol–water partition coefficient (Wildman–Crippen LogP) is 4.30. The van der Waals surface area contributed by atoms with Crippen LogP contribution in [0.4, 0.5) is 0 Å². The zero-order valence-corrected chi connectivity index (χ0v) is 15.7. The Hall–Kier alpha value is -1.65. The van der Waals surface area contributed by atoms with E-state index in [1.165, 1.54) is 16.7 Å². The highest BCUT2D eigenvalue weighted by molar-refractivity contribution is 7.91. The molecule has 1 heterocycles. The first kappa shape index (κ1) is 18.2. The van der Waals surface area contributed by atoms with Gasteiger partial charge in [0.05, 0.1) is 17.6 Å². The summed E-state index contributed by atoms with van der Waals surface area (Å²) in [5.74, 6) is 0.523. The van der Waals surface area contributed by atoms with Gasteiger partial charge in [0, 0.05) is 12.5 Å². The molecule has 25 heavy (non-hydrogen) atoms. The molecule has 1 aliphatic rings. The third-order valence-electron chi connectivity index (χ3n) is 5.11. The lowest BCUT2D eigenvalue weighted by molar-refractivity contribution is 0.0531. The van der Waals surface area contributed by atoms with Crippen LogP contribution in [0.1, 0.15) is 31.7 Å². The van der Waals surface area contributed by atoms with E-state index in [9.17, 15) is 8.42 Å². The monoisotopic (exact) mass is 358 g/mol. The first-order chi connectivity index (χ1) is 12.0. The van der Waals surface area contributed by atoms with Gasteiger partial charge in [-0.2, -0.15) is 0 Å². The summed E-state index contributed by atoms with van der Waals surface area (Å²) in [6.45, 7) is 4.77. The first-order valence-corrected chi connectivity index (χ1v) is 10.6. The Morgan fingerprint density at radius 1 is 1.00 bits per heavy atom. The Morgan fingerprint density at radius 3 is 2.28 bits per heavy atom. The van der Waals surface area contributed by atoms with E-state index in [0.717, 1.165) is 6.42 Å². The molecule has 0 unspecified atom stereocenters. The molecule has 1 fully saturated rings. The molecule has 1 saturated heterocycles. The summed E-state index contributed by atoms with van der Waals surface area (Å²) in [6.07, 6.45) is 0.803. The maximum absolute atomic E-state index is 12.4. The lowest BCUT2D eigenvalue weighted by Crippen LogP contribution is -2.33. The molecule has 0 aliphatic carbocycles. The molecule has 0 bridgehead atoms. The van der Waals surface area contributed by atoms with Crippen LogP contribution in [-0.2, 0) is 14.6 Å². The molecule has 2 aromatic rings.